The van der Waals surface area contributed by atoms with Gasteiger partial charge in [0, 0.05) is 37.6 Å². The van der Waals surface area contributed by atoms with Crippen LogP contribution in [0.5, 0.6) is 0 Å². The molecular formula is C14H27N3O2. The summed E-state index contributed by atoms with van der Waals surface area (Å²) in [5.74, 6) is 0.356. The third kappa shape index (κ3) is 5.59. The molecule has 0 aliphatic carbocycles. The van der Waals surface area contributed by atoms with E-state index < -0.39 is 0 Å². The predicted molar refractivity (Wildman–Crippen MR) is 76.1 cm³/mol. The van der Waals surface area contributed by atoms with Gasteiger partial charge < -0.3 is 10.2 Å². The quantitative estimate of drug-likeness (QED) is 0.841. The van der Waals surface area contributed by atoms with Gasteiger partial charge in [0.2, 0.25) is 0 Å². The number of amides is 2. The number of carbonyl (C=O) groups is 2. The summed E-state index contributed by atoms with van der Waals surface area (Å²) in [5.41, 5.74) is -0.207. The first-order valence-corrected chi connectivity index (χ1v) is 7.01. The minimum absolute atomic E-state index is 0.0117. The van der Waals surface area contributed by atoms with Crippen molar-refractivity contribution in [2.45, 2.75) is 40.2 Å². The number of nitrogens with zero attached hydrogens (tertiary/aromatic N) is 2. The van der Waals surface area contributed by atoms with Crippen molar-refractivity contribution in [3.8, 4) is 0 Å². The summed E-state index contributed by atoms with van der Waals surface area (Å²) in [6.45, 7) is 13.2. The topological polar surface area (TPSA) is 52.7 Å². The lowest BCUT2D eigenvalue weighted by Crippen LogP contribution is -2.55. The fourth-order valence-corrected chi connectivity index (χ4v) is 1.91. The molecule has 0 bridgehead atoms. The largest absolute Gasteiger partial charge is 0.333 e. The lowest BCUT2D eigenvalue weighted by molar-refractivity contribution is -0.123. The lowest BCUT2D eigenvalue weighted by atomic mass is 10.1. The molecule has 0 atom stereocenters. The van der Waals surface area contributed by atoms with Gasteiger partial charge in [-0.2, -0.15) is 0 Å². The van der Waals surface area contributed by atoms with Crippen molar-refractivity contribution >= 4 is 11.8 Å². The van der Waals surface area contributed by atoms with Crippen LogP contribution in [-0.4, -0.2) is 59.9 Å². The van der Waals surface area contributed by atoms with Gasteiger partial charge in [-0.3, -0.25) is 9.69 Å². The molecular weight excluding hydrogens is 242 g/mol. The molecule has 1 saturated heterocycles. The number of ketones is 1. The fraction of sp³-hybridized carbons (Fsp3) is 0.857. The first kappa shape index (κ1) is 16.0. The van der Waals surface area contributed by atoms with Crippen LogP contribution in [-0.2, 0) is 4.79 Å². The Morgan fingerprint density at radius 1 is 1.11 bits per heavy atom. The first-order chi connectivity index (χ1) is 8.69. The molecule has 19 heavy (non-hydrogen) atoms. The molecule has 0 radical (unpaired) electrons. The Morgan fingerprint density at radius 3 is 2.05 bits per heavy atom. The van der Waals surface area contributed by atoms with E-state index >= 15 is 0 Å². The van der Waals surface area contributed by atoms with E-state index in [0.29, 0.717) is 19.6 Å². The summed E-state index contributed by atoms with van der Waals surface area (Å²) >= 11 is 0. The van der Waals surface area contributed by atoms with E-state index in [0.717, 1.165) is 13.1 Å². The highest BCUT2D eigenvalue weighted by Gasteiger charge is 2.25. The van der Waals surface area contributed by atoms with Crippen LogP contribution in [0.4, 0.5) is 4.79 Å². The zero-order valence-corrected chi connectivity index (χ0v) is 12.8. The zero-order chi connectivity index (χ0) is 14.6. The lowest BCUT2D eigenvalue weighted by Gasteiger charge is -2.36. The van der Waals surface area contributed by atoms with Crippen LogP contribution >= 0.6 is 0 Å². The van der Waals surface area contributed by atoms with Crippen molar-refractivity contribution in [1.29, 1.82) is 0 Å². The van der Waals surface area contributed by atoms with E-state index in [2.05, 4.69) is 10.2 Å². The molecule has 1 rings (SSSR count). The van der Waals surface area contributed by atoms with Crippen molar-refractivity contribution in [2.24, 2.45) is 5.92 Å². The molecule has 5 heteroatoms. The molecule has 0 aromatic heterocycles. The second-order valence-electron chi connectivity index (χ2n) is 6.56. The third-order valence-electron chi connectivity index (χ3n) is 3.16. The number of urea groups is 1. The van der Waals surface area contributed by atoms with Gasteiger partial charge in [0.1, 0.15) is 5.78 Å². The smallest absolute Gasteiger partial charge is 0.317 e. The van der Waals surface area contributed by atoms with Crippen LogP contribution in [0.25, 0.3) is 0 Å². The average molecular weight is 269 g/mol. The molecule has 1 aliphatic rings. The number of Topliss-reactive ketones (excluding diaryl/α,β-unsaturated/α-hetero) is 1. The third-order valence-corrected chi connectivity index (χ3v) is 3.16. The summed E-state index contributed by atoms with van der Waals surface area (Å²) in [6.07, 6.45) is 0. The van der Waals surface area contributed by atoms with Crippen LogP contribution in [0.2, 0.25) is 0 Å². The Morgan fingerprint density at radius 2 is 1.63 bits per heavy atom. The van der Waals surface area contributed by atoms with E-state index in [1.165, 1.54) is 0 Å². The summed E-state index contributed by atoms with van der Waals surface area (Å²) in [5, 5.41) is 2.96. The normalized spacial score (nSPS) is 17.7. The Hall–Kier alpha value is -1.10. The predicted octanol–water partition coefficient (Wildman–Crippen LogP) is 1.34. The Bertz CT molecular complexity index is 326. The van der Waals surface area contributed by atoms with Crippen LogP contribution < -0.4 is 5.32 Å². The van der Waals surface area contributed by atoms with E-state index in [1.807, 2.05) is 39.5 Å². The second kappa shape index (κ2) is 6.37. The number of hydrogen-bond acceptors (Lipinski definition) is 3. The van der Waals surface area contributed by atoms with E-state index in [-0.39, 0.29) is 23.3 Å². The molecule has 0 saturated carbocycles. The summed E-state index contributed by atoms with van der Waals surface area (Å²) in [4.78, 5) is 27.6. The van der Waals surface area contributed by atoms with Gasteiger partial charge in [-0.05, 0) is 20.8 Å². The maximum absolute atomic E-state index is 12.0. The summed E-state index contributed by atoms with van der Waals surface area (Å²) < 4.78 is 0. The molecule has 2 amide bonds. The van der Waals surface area contributed by atoms with Crippen LogP contribution in [0.3, 0.4) is 0 Å². The van der Waals surface area contributed by atoms with Gasteiger partial charge in [-0.15, -0.1) is 0 Å². The molecule has 1 aliphatic heterocycles. The SMILES string of the molecule is CC(C)C(=O)CN1CCN(C(=O)NC(C)(C)C)CC1. The minimum Gasteiger partial charge on any atom is -0.333 e. The molecule has 5 nitrogen and oxygen atoms in total. The second-order valence-corrected chi connectivity index (χ2v) is 6.56. The van der Waals surface area contributed by atoms with E-state index in [4.69, 9.17) is 0 Å². The van der Waals surface area contributed by atoms with Crippen molar-refractivity contribution in [3.05, 3.63) is 0 Å². The maximum Gasteiger partial charge on any atom is 0.317 e. The van der Waals surface area contributed by atoms with Gasteiger partial charge in [-0.25, -0.2) is 4.79 Å². The number of hydrogen-bond donors (Lipinski definition) is 1. The average Bonchev–Trinajstić information content (AvgIpc) is 2.27. The number of carbonyl (C=O) groups excluding carboxylic acids is 2. The highest BCUT2D eigenvalue weighted by molar-refractivity contribution is 5.82. The Labute approximate surface area is 116 Å². The van der Waals surface area contributed by atoms with Crippen molar-refractivity contribution in [3.63, 3.8) is 0 Å². The van der Waals surface area contributed by atoms with Crippen molar-refractivity contribution < 1.29 is 9.59 Å². The number of piperazine rings is 1. The van der Waals surface area contributed by atoms with Gasteiger partial charge in [0.05, 0.1) is 6.54 Å². The first-order valence-electron chi connectivity index (χ1n) is 7.01. The fourth-order valence-electron chi connectivity index (χ4n) is 1.91. The van der Waals surface area contributed by atoms with Crippen molar-refractivity contribution in [1.82, 2.24) is 15.1 Å². The molecule has 0 unspecified atom stereocenters. The molecule has 0 aromatic rings. The van der Waals surface area contributed by atoms with Gasteiger partial charge in [0.15, 0.2) is 0 Å². The minimum atomic E-state index is -0.207. The molecule has 110 valence electrons. The molecule has 1 heterocycles. The molecule has 0 spiro atoms. The summed E-state index contributed by atoms with van der Waals surface area (Å²) in [6, 6.07) is -0.0117. The highest BCUT2D eigenvalue weighted by Crippen LogP contribution is 2.06. The van der Waals surface area contributed by atoms with Gasteiger partial charge in [-0.1, -0.05) is 13.8 Å². The van der Waals surface area contributed by atoms with Gasteiger partial charge in [0.25, 0.3) is 0 Å². The zero-order valence-electron chi connectivity index (χ0n) is 12.8. The molecule has 0 aromatic carbocycles. The van der Waals surface area contributed by atoms with Crippen LogP contribution in [0.1, 0.15) is 34.6 Å². The molecule has 1 N–H and O–H groups in total. The highest BCUT2D eigenvalue weighted by atomic mass is 16.2. The monoisotopic (exact) mass is 269 g/mol. The summed E-state index contributed by atoms with van der Waals surface area (Å²) in [7, 11) is 0. The van der Waals surface area contributed by atoms with Crippen LogP contribution in [0.15, 0.2) is 0 Å². The van der Waals surface area contributed by atoms with Crippen molar-refractivity contribution in [2.75, 3.05) is 32.7 Å². The van der Waals surface area contributed by atoms with E-state index in [1.54, 1.807) is 0 Å². The maximum atomic E-state index is 12.0. The standard InChI is InChI=1S/C14H27N3O2/c1-11(2)12(18)10-16-6-8-17(9-7-16)13(19)15-14(3,4)5/h11H,6-10H2,1-5H3,(H,15,19). The number of nitrogens with one attached hydrogen (secondary N) is 1. The van der Waals surface area contributed by atoms with Gasteiger partial charge >= 0.3 is 6.03 Å². The molecule has 1 fully saturated rings. The Balaban J connectivity index is 2.37. The number of rotatable bonds is 3. The van der Waals surface area contributed by atoms with E-state index in [9.17, 15) is 9.59 Å². The van der Waals surface area contributed by atoms with Crippen LogP contribution in [0, 0.1) is 5.92 Å². The Kier molecular flexibility index (Phi) is 5.35.